The first-order valence-electron chi connectivity index (χ1n) is 8.02. The average Bonchev–Trinajstić information content (AvgIpc) is 3.23. The SMILES string of the molecule is COC(=O)c1cccc(NC(=O)c2cc(C)n(-c3nccs3)c2C)c1C. The Hall–Kier alpha value is -2.93. The van der Waals surface area contributed by atoms with Crippen LogP contribution < -0.4 is 5.32 Å². The van der Waals surface area contributed by atoms with Crippen LogP contribution in [0.2, 0.25) is 0 Å². The van der Waals surface area contributed by atoms with Gasteiger partial charge in [-0.25, -0.2) is 9.78 Å². The molecule has 26 heavy (non-hydrogen) atoms. The van der Waals surface area contributed by atoms with Crippen LogP contribution in [0.25, 0.3) is 5.13 Å². The molecule has 0 saturated heterocycles. The molecule has 7 heteroatoms. The van der Waals surface area contributed by atoms with E-state index in [2.05, 4.69) is 10.3 Å². The lowest BCUT2D eigenvalue weighted by molar-refractivity contribution is 0.0599. The Labute approximate surface area is 155 Å². The van der Waals surface area contributed by atoms with E-state index in [9.17, 15) is 9.59 Å². The first-order chi connectivity index (χ1) is 12.4. The number of methoxy groups -OCH3 is 1. The van der Waals surface area contributed by atoms with Crippen molar-refractivity contribution in [2.45, 2.75) is 20.8 Å². The van der Waals surface area contributed by atoms with Gasteiger partial charge in [-0.05, 0) is 44.5 Å². The number of benzene rings is 1. The number of carbonyl (C=O) groups excluding carboxylic acids is 2. The second-order valence-corrected chi connectivity index (χ2v) is 6.73. The van der Waals surface area contributed by atoms with Crippen LogP contribution in [0.3, 0.4) is 0 Å². The highest BCUT2D eigenvalue weighted by Gasteiger charge is 2.19. The molecular weight excluding hydrogens is 350 g/mol. The largest absolute Gasteiger partial charge is 0.465 e. The molecule has 134 valence electrons. The highest BCUT2D eigenvalue weighted by atomic mass is 32.1. The van der Waals surface area contributed by atoms with E-state index in [1.165, 1.54) is 18.4 Å². The van der Waals surface area contributed by atoms with E-state index < -0.39 is 5.97 Å². The van der Waals surface area contributed by atoms with Crippen molar-refractivity contribution in [3.63, 3.8) is 0 Å². The summed E-state index contributed by atoms with van der Waals surface area (Å²) in [6, 6.07) is 6.99. The van der Waals surface area contributed by atoms with Crippen LogP contribution in [0.15, 0.2) is 35.8 Å². The molecule has 1 amide bonds. The summed E-state index contributed by atoms with van der Waals surface area (Å²) in [5.41, 5.74) is 4.00. The third kappa shape index (κ3) is 3.13. The summed E-state index contributed by atoms with van der Waals surface area (Å²) in [6.07, 6.45) is 1.74. The number of nitrogens with one attached hydrogen (secondary N) is 1. The van der Waals surface area contributed by atoms with Crippen molar-refractivity contribution in [3.05, 3.63) is 63.9 Å². The van der Waals surface area contributed by atoms with Crippen LogP contribution in [0.5, 0.6) is 0 Å². The molecular formula is C19H19N3O3S. The smallest absolute Gasteiger partial charge is 0.338 e. The molecule has 0 bridgehead atoms. The maximum absolute atomic E-state index is 12.8. The lowest BCUT2D eigenvalue weighted by atomic mass is 10.1. The number of amides is 1. The highest BCUT2D eigenvalue weighted by Crippen LogP contribution is 2.25. The molecule has 0 spiro atoms. The molecule has 0 unspecified atom stereocenters. The molecule has 2 heterocycles. The molecule has 1 N–H and O–H groups in total. The zero-order valence-corrected chi connectivity index (χ0v) is 15.8. The molecule has 6 nitrogen and oxygen atoms in total. The zero-order valence-electron chi connectivity index (χ0n) is 15.0. The molecule has 0 aliphatic rings. The molecule has 1 aromatic carbocycles. The van der Waals surface area contributed by atoms with Crippen LogP contribution >= 0.6 is 11.3 Å². The third-order valence-electron chi connectivity index (χ3n) is 4.27. The van der Waals surface area contributed by atoms with E-state index >= 15 is 0 Å². The summed E-state index contributed by atoms with van der Waals surface area (Å²) < 4.78 is 6.74. The summed E-state index contributed by atoms with van der Waals surface area (Å²) in [6.45, 7) is 5.61. The monoisotopic (exact) mass is 369 g/mol. The van der Waals surface area contributed by atoms with Gasteiger partial charge in [0.25, 0.3) is 5.91 Å². The predicted octanol–water partition coefficient (Wildman–Crippen LogP) is 3.90. The standard InChI is InChI=1S/C19H19N3O3S/c1-11-10-15(13(3)22(11)19-20-8-9-26-19)17(23)21-16-7-5-6-14(12(16)2)18(24)25-4/h5-10H,1-4H3,(H,21,23). The van der Waals surface area contributed by atoms with Gasteiger partial charge in [0, 0.05) is 28.7 Å². The fraction of sp³-hybridized carbons (Fsp3) is 0.211. The number of aryl methyl sites for hydroxylation is 1. The quantitative estimate of drug-likeness (QED) is 0.708. The number of esters is 1. The zero-order chi connectivity index (χ0) is 18.8. The van der Waals surface area contributed by atoms with Gasteiger partial charge in [0.05, 0.1) is 18.2 Å². The Bertz CT molecular complexity index is 974. The van der Waals surface area contributed by atoms with Crippen molar-refractivity contribution in [2.75, 3.05) is 12.4 Å². The van der Waals surface area contributed by atoms with Crippen molar-refractivity contribution in [3.8, 4) is 5.13 Å². The van der Waals surface area contributed by atoms with Gasteiger partial charge in [0.2, 0.25) is 0 Å². The Morgan fingerprint density at radius 2 is 1.96 bits per heavy atom. The van der Waals surface area contributed by atoms with Crippen molar-refractivity contribution in [2.24, 2.45) is 0 Å². The minimum Gasteiger partial charge on any atom is -0.465 e. The first kappa shape index (κ1) is 17.9. The minimum absolute atomic E-state index is 0.231. The van der Waals surface area contributed by atoms with Crippen molar-refractivity contribution in [1.82, 2.24) is 9.55 Å². The number of carbonyl (C=O) groups is 2. The highest BCUT2D eigenvalue weighted by molar-refractivity contribution is 7.12. The van der Waals surface area contributed by atoms with Gasteiger partial charge in [0.15, 0.2) is 5.13 Å². The third-order valence-corrected chi connectivity index (χ3v) is 5.03. The molecule has 0 aliphatic heterocycles. The number of nitrogens with zero attached hydrogens (tertiary/aromatic N) is 2. The molecule has 0 atom stereocenters. The van der Waals surface area contributed by atoms with E-state index in [1.807, 2.05) is 29.9 Å². The normalized spacial score (nSPS) is 10.6. The van der Waals surface area contributed by atoms with E-state index in [4.69, 9.17) is 4.74 Å². The second kappa shape index (κ2) is 7.13. The number of aromatic nitrogens is 2. The van der Waals surface area contributed by atoms with Gasteiger partial charge in [0.1, 0.15) is 0 Å². The number of anilines is 1. The molecule has 3 aromatic rings. The predicted molar refractivity (Wildman–Crippen MR) is 101 cm³/mol. The Balaban J connectivity index is 1.93. The molecule has 0 radical (unpaired) electrons. The number of rotatable bonds is 4. The lowest BCUT2D eigenvalue weighted by Gasteiger charge is -2.11. The number of ether oxygens (including phenoxy) is 1. The lowest BCUT2D eigenvalue weighted by Crippen LogP contribution is -2.15. The van der Waals surface area contributed by atoms with Crippen LogP contribution in [0, 0.1) is 20.8 Å². The van der Waals surface area contributed by atoms with E-state index in [-0.39, 0.29) is 5.91 Å². The van der Waals surface area contributed by atoms with Gasteiger partial charge in [-0.3, -0.25) is 9.36 Å². The summed E-state index contributed by atoms with van der Waals surface area (Å²) in [5.74, 6) is -0.661. The summed E-state index contributed by atoms with van der Waals surface area (Å²) in [4.78, 5) is 29.0. The molecule has 0 aliphatic carbocycles. The molecule has 2 aromatic heterocycles. The number of hydrogen-bond donors (Lipinski definition) is 1. The van der Waals surface area contributed by atoms with Gasteiger partial charge in [-0.2, -0.15) is 0 Å². The maximum Gasteiger partial charge on any atom is 0.338 e. The Morgan fingerprint density at radius 3 is 2.62 bits per heavy atom. The topological polar surface area (TPSA) is 73.2 Å². The van der Waals surface area contributed by atoms with Crippen molar-refractivity contribution in [1.29, 1.82) is 0 Å². The van der Waals surface area contributed by atoms with Gasteiger partial charge < -0.3 is 10.1 Å². The molecule has 0 saturated carbocycles. The number of hydrogen-bond acceptors (Lipinski definition) is 5. The second-order valence-electron chi connectivity index (χ2n) is 5.86. The van der Waals surface area contributed by atoms with Crippen molar-refractivity contribution >= 4 is 28.9 Å². The molecule has 0 fully saturated rings. The Morgan fingerprint density at radius 1 is 1.19 bits per heavy atom. The first-order valence-corrected chi connectivity index (χ1v) is 8.90. The van der Waals surface area contributed by atoms with Gasteiger partial charge in [-0.15, -0.1) is 11.3 Å². The van der Waals surface area contributed by atoms with Crippen LogP contribution in [-0.4, -0.2) is 28.5 Å². The fourth-order valence-corrected chi connectivity index (χ4v) is 3.66. The van der Waals surface area contributed by atoms with E-state index in [1.54, 1.807) is 31.3 Å². The average molecular weight is 369 g/mol. The fourth-order valence-electron chi connectivity index (χ4n) is 2.91. The minimum atomic E-state index is -0.430. The van der Waals surface area contributed by atoms with Gasteiger partial charge in [-0.1, -0.05) is 6.07 Å². The van der Waals surface area contributed by atoms with Crippen LogP contribution in [0.1, 0.15) is 37.7 Å². The van der Waals surface area contributed by atoms with Crippen LogP contribution in [-0.2, 0) is 4.74 Å². The number of thiazole rings is 1. The van der Waals surface area contributed by atoms with Crippen molar-refractivity contribution < 1.29 is 14.3 Å². The maximum atomic E-state index is 12.8. The van der Waals surface area contributed by atoms with E-state index in [0.29, 0.717) is 22.4 Å². The molecule has 3 rings (SSSR count). The summed E-state index contributed by atoms with van der Waals surface area (Å²) in [7, 11) is 1.33. The van der Waals surface area contributed by atoms with Gasteiger partial charge >= 0.3 is 5.97 Å². The summed E-state index contributed by atoms with van der Waals surface area (Å²) in [5, 5.41) is 5.62. The summed E-state index contributed by atoms with van der Waals surface area (Å²) >= 11 is 1.51. The van der Waals surface area contributed by atoms with E-state index in [0.717, 1.165) is 16.5 Å². The van der Waals surface area contributed by atoms with Crippen LogP contribution in [0.4, 0.5) is 5.69 Å². The Kier molecular flexibility index (Phi) is 4.90.